The number of carboxylic acids is 1. The Hall–Kier alpha value is -1.32. The minimum absolute atomic E-state index is 0.168. The largest absolute Gasteiger partial charge is 0.479 e. The highest BCUT2D eigenvalue weighted by molar-refractivity contribution is 5.84. The van der Waals surface area contributed by atoms with E-state index in [4.69, 9.17) is 5.11 Å². The summed E-state index contributed by atoms with van der Waals surface area (Å²) in [7, 11) is 0. The van der Waals surface area contributed by atoms with Crippen LogP contribution in [-0.2, 0) is 9.59 Å². The topological polar surface area (TPSA) is 156 Å². The standard InChI is InChI=1S/C22H40O8/c1-13(2)7-5-8-14(3)9-6-10-15(4)11-12-16(23)17(24)18(25)19(26)20(27)21(28)22(29)30/h11,13-14,17-21,24-28H,5-10,12H2,1-4H3,(H,29,30)/t14?,17?,18-,19+,20-,21-/m0/s1. The van der Waals surface area contributed by atoms with Crippen molar-refractivity contribution in [3.8, 4) is 0 Å². The van der Waals surface area contributed by atoms with Gasteiger partial charge in [0.15, 0.2) is 11.9 Å². The number of allylic oxidation sites excluding steroid dienone is 2. The Morgan fingerprint density at radius 1 is 0.800 bits per heavy atom. The van der Waals surface area contributed by atoms with Crippen molar-refractivity contribution >= 4 is 11.8 Å². The summed E-state index contributed by atoms with van der Waals surface area (Å²) in [4.78, 5) is 22.7. The number of carbonyl (C=O) groups is 2. The van der Waals surface area contributed by atoms with Crippen LogP contribution in [-0.4, -0.2) is 72.9 Å². The maximum Gasteiger partial charge on any atom is 0.335 e. The summed E-state index contributed by atoms with van der Waals surface area (Å²) >= 11 is 0. The number of carboxylic acid groups (broad SMARTS) is 1. The Bertz CT molecular complexity index is 545. The van der Waals surface area contributed by atoms with E-state index < -0.39 is 42.3 Å². The first-order valence-electron chi connectivity index (χ1n) is 10.7. The zero-order valence-corrected chi connectivity index (χ0v) is 18.6. The maximum atomic E-state index is 12.0. The van der Waals surface area contributed by atoms with Crippen molar-refractivity contribution in [1.82, 2.24) is 0 Å². The predicted molar refractivity (Wildman–Crippen MR) is 113 cm³/mol. The van der Waals surface area contributed by atoms with E-state index >= 15 is 0 Å². The molecule has 0 amide bonds. The van der Waals surface area contributed by atoms with Gasteiger partial charge in [-0.15, -0.1) is 0 Å². The lowest BCUT2D eigenvalue weighted by Gasteiger charge is -2.27. The summed E-state index contributed by atoms with van der Waals surface area (Å²) in [5.74, 6) is -1.22. The van der Waals surface area contributed by atoms with Gasteiger partial charge in [-0.1, -0.05) is 58.1 Å². The van der Waals surface area contributed by atoms with E-state index in [2.05, 4.69) is 20.8 Å². The fraction of sp³-hybridized carbons (Fsp3) is 0.818. The molecule has 0 bridgehead atoms. The number of rotatable bonds is 16. The van der Waals surface area contributed by atoms with Crippen molar-refractivity contribution < 1.29 is 40.2 Å². The third kappa shape index (κ3) is 11.2. The van der Waals surface area contributed by atoms with Crippen LogP contribution in [0.25, 0.3) is 0 Å². The second kappa shape index (κ2) is 14.6. The summed E-state index contributed by atoms with van der Waals surface area (Å²) in [6.07, 6.45) is -2.90. The van der Waals surface area contributed by atoms with Gasteiger partial charge in [0.1, 0.15) is 24.4 Å². The van der Waals surface area contributed by atoms with E-state index in [-0.39, 0.29) is 6.42 Å². The second-order valence-corrected chi connectivity index (χ2v) is 8.74. The van der Waals surface area contributed by atoms with Crippen molar-refractivity contribution in [1.29, 1.82) is 0 Å². The lowest BCUT2D eigenvalue weighted by Crippen LogP contribution is -2.52. The molecule has 8 nitrogen and oxygen atoms in total. The number of aliphatic carboxylic acids is 1. The maximum absolute atomic E-state index is 12.0. The summed E-state index contributed by atoms with van der Waals surface area (Å²) in [6.45, 7) is 8.56. The number of aliphatic hydroxyl groups excluding tert-OH is 5. The van der Waals surface area contributed by atoms with Crippen LogP contribution in [0.4, 0.5) is 0 Å². The highest BCUT2D eigenvalue weighted by Crippen LogP contribution is 2.19. The van der Waals surface area contributed by atoms with E-state index in [0.717, 1.165) is 30.8 Å². The summed E-state index contributed by atoms with van der Waals surface area (Å²) < 4.78 is 0. The molecule has 6 N–H and O–H groups in total. The molecule has 0 heterocycles. The first-order valence-corrected chi connectivity index (χ1v) is 10.7. The number of Topliss-reactive ketones (excluding diaryl/α,β-unsaturated/α-hetero) is 1. The van der Waals surface area contributed by atoms with E-state index in [1.165, 1.54) is 19.3 Å². The Balaban J connectivity index is 4.41. The first-order chi connectivity index (χ1) is 13.9. The fourth-order valence-corrected chi connectivity index (χ4v) is 3.16. The highest BCUT2D eigenvalue weighted by atomic mass is 16.4. The van der Waals surface area contributed by atoms with Crippen molar-refractivity contribution in [2.45, 2.75) is 103 Å². The van der Waals surface area contributed by atoms with Gasteiger partial charge in [-0.3, -0.25) is 4.79 Å². The molecule has 0 rings (SSSR count). The molecule has 176 valence electrons. The van der Waals surface area contributed by atoms with Gasteiger partial charge in [0.05, 0.1) is 0 Å². The molecule has 0 aromatic rings. The quantitative estimate of drug-likeness (QED) is 0.200. The lowest BCUT2D eigenvalue weighted by molar-refractivity contribution is -0.169. The molecular formula is C22H40O8. The van der Waals surface area contributed by atoms with Crippen molar-refractivity contribution in [2.75, 3.05) is 0 Å². The predicted octanol–water partition coefficient (Wildman–Crippen LogP) is 1.41. The van der Waals surface area contributed by atoms with E-state index in [0.29, 0.717) is 5.92 Å². The Morgan fingerprint density at radius 3 is 1.87 bits per heavy atom. The number of hydrogen-bond donors (Lipinski definition) is 6. The average Bonchev–Trinajstić information content (AvgIpc) is 2.68. The van der Waals surface area contributed by atoms with Crippen LogP contribution in [0.3, 0.4) is 0 Å². The lowest BCUT2D eigenvalue weighted by atomic mass is 9.94. The monoisotopic (exact) mass is 432 g/mol. The zero-order valence-electron chi connectivity index (χ0n) is 18.6. The van der Waals surface area contributed by atoms with Crippen LogP contribution in [0, 0.1) is 11.8 Å². The minimum atomic E-state index is -2.35. The molecule has 0 aromatic heterocycles. The molecule has 2 unspecified atom stereocenters. The van der Waals surface area contributed by atoms with Crippen LogP contribution < -0.4 is 0 Å². The van der Waals surface area contributed by atoms with Crippen LogP contribution >= 0.6 is 0 Å². The average molecular weight is 433 g/mol. The molecule has 0 saturated heterocycles. The SMILES string of the molecule is CC(=CCC(=O)C(O)[C@H](O)[C@@H](O)[C@H](O)[C@H](O)C(=O)O)CCCC(C)CCCC(C)C. The first kappa shape index (κ1) is 28.7. The smallest absolute Gasteiger partial charge is 0.335 e. The summed E-state index contributed by atoms with van der Waals surface area (Å²) in [6, 6.07) is 0. The van der Waals surface area contributed by atoms with Crippen LogP contribution in [0.15, 0.2) is 11.6 Å². The third-order valence-electron chi connectivity index (χ3n) is 5.33. The van der Waals surface area contributed by atoms with Gasteiger partial charge < -0.3 is 30.6 Å². The van der Waals surface area contributed by atoms with E-state index in [9.17, 15) is 35.1 Å². The van der Waals surface area contributed by atoms with E-state index in [1.807, 2.05) is 6.92 Å². The molecule has 0 aliphatic carbocycles. The molecule has 0 saturated carbocycles. The number of aliphatic hydroxyl groups is 5. The van der Waals surface area contributed by atoms with Crippen LogP contribution in [0.2, 0.25) is 0 Å². The number of carbonyl (C=O) groups excluding carboxylic acids is 1. The van der Waals surface area contributed by atoms with Crippen LogP contribution in [0.1, 0.15) is 72.6 Å². The third-order valence-corrected chi connectivity index (χ3v) is 5.33. The number of hydrogen-bond acceptors (Lipinski definition) is 7. The molecule has 8 heteroatoms. The van der Waals surface area contributed by atoms with Gasteiger partial charge in [0.2, 0.25) is 0 Å². The van der Waals surface area contributed by atoms with Gasteiger partial charge >= 0.3 is 5.97 Å². The number of ketones is 1. The molecule has 30 heavy (non-hydrogen) atoms. The van der Waals surface area contributed by atoms with E-state index in [1.54, 1.807) is 6.08 Å². The molecule has 0 fully saturated rings. The molecule has 0 spiro atoms. The molecule has 6 atom stereocenters. The molecule has 0 radical (unpaired) electrons. The fourth-order valence-electron chi connectivity index (χ4n) is 3.16. The van der Waals surface area contributed by atoms with Crippen LogP contribution in [0.5, 0.6) is 0 Å². The molecule has 0 aliphatic heterocycles. The van der Waals surface area contributed by atoms with Gasteiger partial charge in [0, 0.05) is 6.42 Å². The van der Waals surface area contributed by atoms with Crippen molar-refractivity contribution in [3.05, 3.63) is 11.6 Å². The van der Waals surface area contributed by atoms with Crippen molar-refractivity contribution in [3.63, 3.8) is 0 Å². The Kier molecular flexibility index (Phi) is 14.0. The van der Waals surface area contributed by atoms with Crippen molar-refractivity contribution in [2.24, 2.45) is 11.8 Å². The van der Waals surface area contributed by atoms with Gasteiger partial charge in [-0.2, -0.15) is 0 Å². The molecule has 0 aromatic carbocycles. The molecule has 0 aliphatic rings. The van der Waals surface area contributed by atoms with Gasteiger partial charge in [-0.05, 0) is 31.6 Å². The molecular weight excluding hydrogens is 392 g/mol. The highest BCUT2D eigenvalue weighted by Gasteiger charge is 2.39. The minimum Gasteiger partial charge on any atom is -0.479 e. The van der Waals surface area contributed by atoms with Gasteiger partial charge in [0.25, 0.3) is 0 Å². The Morgan fingerprint density at radius 2 is 1.33 bits per heavy atom. The normalized spacial score (nSPS) is 18.5. The second-order valence-electron chi connectivity index (χ2n) is 8.74. The van der Waals surface area contributed by atoms with Gasteiger partial charge in [-0.25, -0.2) is 4.79 Å². The summed E-state index contributed by atoms with van der Waals surface area (Å²) in [5, 5.41) is 56.8. The Labute approximate surface area is 179 Å². The summed E-state index contributed by atoms with van der Waals surface area (Å²) in [5.41, 5.74) is 0.973. The zero-order chi connectivity index (χ0) is 23.4.